The highest BCUT2D eigenvalue weighted by molar-refractivity contribution is 7.26. The quantitative estimate of drug-likeness (QED) is 0.176. The Kier molecular flexibility index (Phi) is 7.06. The van der Waals surface area contributed by atoms with Gasteiger partial charge in [0.25, 0.3) is 0 Å². The van der Waals surface area contributed by atoms with Crippen LogP contribution in [0.4, 0.5) is 0 Å². The topological polar surface area (TPSA) is 43.9 Å². The zero-order chi connectivity index (χ0) is 37.5. The summed E-state index contributed by atoms with van der Waals surface area (Å²) in [6.07, 6.45) is 0. The fraction of sp³-hybridized carbons (Fsp3) is 0. The van der Waals surface area contributed by atoms with Gasteiger partial charge in [-0.15, -0.1) is 11.3 Å². The minimum atomic E-state index is 0.715. The van der Waals surface area contributed by atoms with E-state index >= 15 is 0 Å². The molecule has 266 valence electrons. The lowest BCUT2D eigenvalue weighted by atomic mass is 9.91. The lowest BCUT2D eigenvalue weighted by Gasteiger charge is -2.21. The van der Waals surface area contributed by atoms with Gasteiger partial charge in [0.15, 0.2) is 5.82 Å². The van der Waals surface area contributed by atoms with E-state index in [0.29, 0.717) is 5.82 Å². The average molecular weight is 746 g/mol. The third kappa shape index (κ3) is 4.93. The summed E-state index contributed by atoms with van der Waals surface area (Å²) < 4.78 is 11.2. The van der Waals surface area contributed by atoms with E-state index in [2.05, 4.69) is 180 Å². The molecule has 0 aliphatic heterocycles. The van der Waals surface area contributed by atoms with Gasteiger partial charge in [-0.05, 0) is 53.6 Å². The predicted molar refractivity (Wildman–Crippen MR) is 238 cm³/mol. The lowest BCUT2D eigenvalue weighted by molar-refractivity contribution is 0.669. The number of nitrogens with zero attached hydrogens (tertiary/aromatic N) is 3. The summed E-state index contributed by atoms with van der Waals surface area (Å²) >= 11 is 1.76. The van der Waals surface area contributed by atoms with Crippen molar-refractivity contribution in [2.45, 2.75) is 0 Å². The van der Waals surface area contributed by atoms with Crippen molar-refractivity contribution in [3.05, 3.63) is 188 Å². The molecule has 0 radical (unpaired) electrons. The third-order valence-electron chi connectivity index (χ3n) is 11.2. The van der Waals surface area contributed by atoms with E-state index in [4.69, 9.17) is 14.4 Å². The number of thiophene rings is 1. The summed E-state index contributed by atoms with van der Waals surface area (Å²) in [5.74, 6) is 0.715. The first-order valence-electron chi connectivity index (χ1n) is 19.2. The van der Waals surface area contributed by atoms with Gasteiger partial charge in [0.05, 0.1) is 32.6 Å². The zero-order valence-electron chi connectivity index (χ0n) is 30.6. The summed E-state index contributed by atoms with van der Waals surface area (Å²) in [6, 6.07) is 66.7. The molecule has 12 aromatic rings. The van der Waals surface area contributed by atoms with Crippen LogP contribution in [0.3, 0.4) is 0 Å². The van der Waals surface area contributed by atoms with Crippen molar-refractivity contribution in [1.82, 2.24) is 14.5 Å². The van der Waals surface area contributed by atoms with Crippen molar-refractivity contribution in [2.75, 3.05) is 0 Å². The molecular weight excluding hydrogens is 715 g/mol. The fourth-order valence-electron chi connectivity index (χ4n) is 8.71. The van der Waals surface area contributed by atoms with Crippen LogP contribution in [0.25, 0.3) is 115 Å². The van der Waals surface area contributed by atoms with Crippen LogP contribution in [0, 0.1) is 0 Å². The molecule has 57 heavy (non-hydrogen) atoms. The fourth-order valence-corrected chi connectivity index (χ4v) is 9.86. The van der Waals surface area contributed by atoms with Crippen LogP contribution in [-0.2, 0) is 0 Å². The third-order valence-corrected chi connectivity index (χ3v) is 12.4. The maximum absolute atomic E-state index is 6.45. The maximum Gasteiger partial charge on any atom is 0.160 e. The standard InChI is InChI=1S/C52H31N3OS/c1-4-16-32(17-5-1)39-30-35(48-51-49(38-24-12-15-27-45(38)57-51)54-52(53-48)34-20-8-3-9-21-34)31-40(33-18-6-2-7-19-33)50(39)55-41-25-13-10-22-36(41)46-42(55)28-29-44-47(46)37-23-11-14-26-43(37)56-44/h1-31H. The largest absolute Gasteiger partial charge is 0.456 e. The molecule has 5 heteroatoms. The number of furan rings is 1. The van der Waals surface area contributed by atoms with E-state index in [1.165, 1.54) is 15.5 Å². The normalized spacial score (nSPS) is 11.9. The first kappa shape index (κ1) is 32.0. The van der Waals surface area contributed by atoms with E-state index in [-0.39, 0.29) is 0 Å². The van der Waals surface area contributed by atoms with Crippen LogP contribution in [0.1, 0.15) is 0 Å². The van der Waals surface area contributed by atoms with E-state index in [1.807, 2.05) is 12.1 Å². The average Bonchev–Trinajstić information content (AvgIpc) is 3.96. The Morgan fingerprint density at radius 2 is 1.04 bits per heavy atom. The summed E-state index contributed by atoms with van der Waals surface area (Å²) in [5, 5.41) is 5.77. The van der Waals surface area contributed by atoms with Crippen molar-refractivity contribution in [2.24, 2.45) is 0 Å². The Hall–Kier alpha value is -7.34. The molecule has 0 N–H and O–H groups in total. The molecule has 0 unspecified atom stereocenters. The Labute approximate surface area is 331 Å². The van der Waals surface area contributed by atoms with Crippen LogP contribution in [0.15, 0.2) is 192 Å². The van der Waals surface area contributed by atoms with E-state index in [9.17, 15) is 0 Å². The maximum atomic E-state index is 6.45. The molecule has 4 heterocycles. The Bertz CT molecular complexity index is 3450. The number of fused-ring (bicyclic) bond motifs is 10. The van der Waals surface area contributed by atoms with Gasteiger partial charge in [-0.3, -0.25) is 0 Å². The first-order valence-corrected chi connectivity index (χ1v) is 20.0. The molecule has 0 amide bonds. The second-order valence-corrected chi connectivity index (χ2v) is 15.5. The molecule has 0 atom stereocenters. The highest BCUT2D eigenvalue weighted by Crippen LogP contribution is 2.48. The van der Waals surface area contributed by atoms with Gasteiger partial charge in [0.2, 0.25) is 0 Å². The number of para-hydroxylation sites is 2. The molecule has 0 aliphatic carbocycles. The molecule has 0 fully saturated rings. The number of benzene rings is 8. The first-order chi connectivity index (χ1) is 28.3. The van der Waals surface area contributed by atoms with E-state index in [1.54, 1.807) is 11.3 Å². The molecule has 0 saturated heterocycles. The number of rotatable bonds is 5. The molecule has 0 bridgehead atoms. The van der Waals surface area contributed by atoms with Crippen molar-refractivity contribution < 1.29 is 4.42 Å². The molecule has 8 aromatic carbocycles. The van der Waals surface area contributed by atoms with Crippen LogP contribution < -0.4 is 0 Å². The monoisotopic (exact) mass is 745 g/mol. The highest BCUT2D eigenvalue weighted by atomic mass is 32.1. The molecule has 0 spiro atoms. The van der Waals surface area contributed by atoms with Gasteiger partial charge >= 0.3 is 0 Å². The summed E-state index contributed by atoms with van der Waals surface area (Å²) in [7, 11) is 0. The van der Waals surface area contributed by atoms with E-state index in [0.717, 1.165) is 93.3 Å². The Balaban J connectivity index is 1.25. The van der Waals surface area contributed by atoms with Gasteiger partial charge in [-0.1, -0.05) is 146 Å². The van der Waals surface area contributed by atoms with Crippen LogP contribution in [0.2, 0.25) is 0 Å². The second-order valence-electron chi connectivity index (χ2n) is 14.5. The SMILES string of the molecule is c1ccc(-c2nc(-c3cc(-c4ccccc4)c(-n4c5ccccc5c5c6c(ccc54)oc4ccccc46)c(-c4ccccc4)c3)c3sc4ccccc4c3n2)cc1. The van der Waals surface area contributed by atoms with Crippen molar-refractivity contribution in [1.29, 1.82) is 0 Å². The van der Waals surface area contributed by atoms with Gasteiger partial charge in [-0.25, -0.2) is 9.97 Å². The molecule has 12 rings (SSSR count). The van der Waals surface area contributed by atoms with Gasteiger partial charge in [0, 0.05) is 53.9 Å². The van der Waals surface area contributed by atoms with Gasteiger partial charge in [-0.2, -0.15) is 0 Å². The van der Waals surface area contributed by atoms with E-state index < -0.39 is 0 Å². The van der Waals surface area contributed by atoms with Gasteiger partial charge in [0.1, 0.15) is 11.2 Å². The zero-order valence-corrected chi connectivity index (χ0v) is 31.4. The van der Waals surface area contributed by atoms with Crippen molar-refractivity contribution in [3.8, 4) is 50.6 Å². The van der Waals surface area contributed by atoms with Crippen molar-refractivity contribution >= 4 is 75.4 Å². The smallest absolute Gasteiger partial charge is 0.160 e. The molecular formula is C52H31N3OS. The molecule has 0 saturated carbocycles. The number of aromatic nitrogens is 3. The minimum Gasteiger partial charge on any atom is -0.456 e. The Morgan fingerprint density at radius 3 is 1.75 bits per heavy atom. The highest BCUT2D eigenvalue weighted by Gasteiger charge is 2.25. The van der Waals surface area contributed by atoms with Crippen LogP contribution in [0.5, 0.6) is 0 Å². The molecule has 4 nitrogen and oxygen atoms in total. The van der Waals surface area contributed by atoms with Crippen molar-refractivity contribution in [3.63, 3.8) is 0 Å². The predicted octanol–water partition coefficient (Wildman–Crippen LogP) is 14.5. The second kappa shape index (κ2) is 12.6. The number of hydrogen-bond donors (Lipinski definition) is 0. The molecule has 4 aromatic heterocycles. The van der Waals surface area contributed by atoms with Crippen LogP contribution >= 0.6 is 11.3 Å². The summed E-state index contributed by atoms with van der Waals surface area (Å²) in [5.41, 5.74) is 13.5. The summed E-state index contributed by atoms with van der Waals surface area (Å²) in [6.45, 7) is 0. The number of hydrogen-bond acceptors (Lipinski definition) is 4. The summed E-state index contributed by atoms with van der Waals surface area (Å²) in [4.78, 5) is 10.7. The van der Waals surface area contributed by atoms with Gasteiger partial charge < -0.3 is 8.98 Å². The lowest BCUT2D eigenvalue weighted by Crippen LogP contribution is -2.02. The van der Waals surface area contributed by atoms with Crippen LogP contribution in [-0.4, -0.2) is 14.5 Å². The molecule has 0 aliphatic rings. The Morgan fingerprint density at radius 1 is 0.439 bits per heavy atom. The minimum absolute atomic E-state index is 0.715.